The number of piperidine rings is 1. The van der Waals surface area contributed by atoms with E-state index in [0.717, 1.165) is 0 Å². The van der Waals surface area contributed by atoms with E-state index in [4.69, 9.17) is 21.1 Å². The summed E-state index contributed by atoms with van der Waals surface area (Å²) in [6.45, 7) is 7.76. The monoisotopic (exact) mass is 530 g/mol. The van der Waals surface area contributed by atoms with Gasteiger partial charge in [-0.25, -0.2) is 4.39 Å². The van der Waals surface area contributed by atoms with Crippen molar-refractivity contribution in [1.82, 2.24) is 15.4 Å². The van der Waals surface area contributed by atoms with Gasteiger partial charge in [-0.3, -0.25) is 9.78 Å². The highest BCUT2D eigenvalue weighted by Crippen LogP contribution is 2.39. The SMILES string of the molecule is COc1cc2ncc(C(=O)NC3CC(C)(C)N(O)C(C)(C)C3)c(Nc3ccc(F)c(Cl)c3)c2cc1OC. The number of anilines is 2. The third-order valence-electron chi connectivity index (χ3n) is 6.78. The molecule has 4 rings (SSSR count). The molecule has 1 fully saturated rings. The first-order valence-corrected chi connectivity index (χ1v) is 12.3. The second kappa shape index (κ2) is 9.96. The van der Waals surface area contributed by atoms with Crippen LogP contribution >= 0.6 is 11.6 Å². The third kappa shape index (κ3) is 5.30. The molecule has 8 nitrogen and oxygen atoms in total. The van der Waals surface area contributed by atoms with E-state index in [-0.39, 0.29) is 17.0 Å². The Hall–Kier alpha value is -3.14. The zero-order valence-electron chi connectivity index (χ0n) is 21.8. The number of hydrogen-bond donors (Lipinski definition) is 3. The van der Waals surface area contributed by atoms with Gasteiger partial charge in [-0.1, -0.05) is 11.6 Å². The zero-order valence-corrected chi connectivity index (χ0v) is 22.5. The number of aromatic nitrogens is 1. The highest BCUT2D eigenvalue weighted by molar-refractivity contribution is 6.31. The second-order valence-corrected chi connectivity index (χ2v) is 10.9. The van der Waals surface area contributed by atoms with E-state index < -0.39 is 16.9 Å². The fourth-order valence-corrected chi connectivity index (χ4v) is 5.36. The molecular formula is C27H32ClFN4O4. The summed E-state index contributed by atoms with van der Waals surface area (Å²) in [7, 11) is 3.06. The first-order valence-electron chi connectivity index (χ1n) is 11.9. The van der Waals surface area contributed by atoms with Crippen molar-refractivity contribution in [2.24, 2.45) is 0 Å². The summed E-state index contributed by atoms with van der Waals surface area (Å²) in [6.07, 6.45) is 2.61. The minimum atomic E-state index is -0.545. The number of pyridine rings is 1. The van der Waals surface area contributed by atoms with Crippen LogP contribution in [0.4, 0.5) is 15.8 Å². The average molecular weight is 531 g/mol. The zero-order chi connectivity index (χ0) is 27.1. The van der Waals surface area contributed by atoms with E-state index in [2.05, 4.69) is 15.6 Å². The summed E-state index contributed by atoms with van der Waals surface area (Å²) in [4.78, 5) is 18.2. The van der Waals surface area contributed by atoms with Crippen LogP contribution in [0.3, 0.4) is 0 Å². The van der Waals surface area contributed by atoms with Gasteiger partial charge < -0.3 is 25.3 Å². The van der Waals surface area contributed by atoms with E-state index in [1.807, 2.05) is 27.7 Å². The van der Waals surface area contributed by atoms with Crippen molar-refractivity contribution in [2.75, 3.05) is 19.5 Å². The molecule has 3 N–H and O–H groups in total. The Morgan fingerprint density at radius 2 is 1.73 bits per heavy atom. The van der Waals surface area contributed by atoms with Gasteiger partial charge in [0.05, 0.1) is 36.0 Å². The van der Waals surface area contributed by atoms with Crippen LogP contribution in [0.1, 0.15) is 50.9 Å². The summed E-state index contributed by atoms with van der Waals surface area (Å²) in [5.41, 5.74) is 0.764. The number of ether oxygens (including phenoxy) is 2. The summed E-state index contributed by atoms with van der Waals surface area (Å²) < 4.78 is 24.7. The Kier molecular flexibility index (Phi) is 7.25. The van der Waals surface area contributed by atoms with Crippen LogP contribution in [0.15, 0.2) is 36.5 Å². The molecule has 1 amide bonds. The highest BCUT2D eigenvalue weighted by Gasteiger charge is 2.45. The number of methoxy groups -OCH3 is 2. The van der Waals surface area contributed by atoms with Crippen LogP contribution in [0.2, 0.25) is 5.02 Å². The van der Waals surface area contributed by atoms with E-state index in [0.29, 0.717) is 52.2 Å². The van der Waals surface area contributed by atoms with Gasteiger partial charge in [0, 0.05) is 40.5 Å². The predicted octanol–water partition coefficient (Wildman–Crippen LogP) is 5.93. The van der Waals surface area contributed by atoms with Crippen LogP contribution in [-0.2, 0) is 0 Å². The van der Waals surface area contributed by atoms with Crippen LogP contribution in [0.25, 0.3) is 10.9 Å². The van der Waals surface area contributed by atoms with Gasteiger partial charge in [-0.2, -0.15) is 5.06 Å². The number of hydroxylamine groups is 2. The number of nitrogens with zero attached hydrogens (tertiary/aromatic N) is 2. The smallest absolute Gasteiger partial charge is 0.255 e. The van der Waals surface area contributed by atoms with Gasteiger partial charge in [0.25, 0.3) is 5.91 Å². The minimum Gasteiger partial charge on any atom is -0.493 e. The summed E-state index contributed by atoms with van der Waals surface area (Å²) in [5.74, 6) is 0.0866. The topological polar surface area (TPSA) is 96.0 Å². The number of carbonyl (C=O) groups is 1. The first kappa shape index (κ1) is 26.9. The molecule has 1 saturated heterocycles. The molecular weight excluding hydrogens is 499 g/mol. The number of amides is 1. The normalized spacial score (nSPS) is 17.4. The lowest BCUT2D eigenvalue weighted by Crippen LogP contribution is -2.62. The average Bonchev–Trinajstić information content (AvgIpc) is 2.83. The molecule has 37 heavy (non-hydrogen) atoms. The van der Waals surface area contributed by atoms with E-state index in [9.17, 15) is 14.4 Å². The molecule has 0 aliphatic carbocycles. The fraction of sp³-hybridized carbons (Fsp3) is 0.407. The van der Waals surface area contributed by atoms with Gasteiger partial charge in [-0.15, -0.1) is 0 Å². The van der Waals surface area contributed by atoms with E-state index in [1.165, 1.54) is 43.7 Å². The standard InChI is InChI=1S/C27H32ClFN4O4/c1-26(2)12-16(13-27(3,4)33(26)35)32-25(34)18-14-30-21-11-23(37-6)22(36-5)10-17(21)24(18)31-15-7-8-20(29)19(28)9-15/h7-11,14,16,35H,12-13H2,1-6H3,(H,30,31)(H,32,34). The maximum atomic E-state index is 13.8. The summed E-state index contributed by atoms with van der Waals surface area (Å²) in [5, 5.41) is 18.9. The molecule has 1 aliphatic rings. The predicted molar refractivity (Wildman–Crippen MR) is 142 cm³/mol. The number of fused-ring (bicyclic) bond motifs is 1. The molecule has 0 spiro atoms. The fourth-order valence-electron chi connectivity index (χ4n) is 5.18. The van der Waals surface area contributed by atoms with Gasteiger partial charge in [0.15, 0.2) is 11.5 Å². The number of hydrogen-bond acceptors (Lipinski definition) is 7. The summed E-state index contributed by atoms with van der Waals surface area (Å²) in [6, 6.07) is 7.52. The maximum absolute atomic E-state index is 13.8. The highest BCUT2D eigenvalue weighted by atomic mass is 35.5. The van der Waals surface area contributed by atoms with Crippen molar-refractivity contribution in [3.8, 4) is 11.5 Å². The molecule has 0 unspecified atom stereocenters. The lowest BCUT2D eigenvalue weighted by atomic mass is 9.79. The largest absolute Gasteiger partial charge is 0.493 e. The van der Waals surface area contributed by atoms with Gasteiger partial charge in [-0.05, 0) is 64.8 Å². The van der Waals surface area contributed by atoms with E-state index >= 15 is 0 Å². The van der Waals surface area contributed by atoms with Crippen molar-refractivity contribution in [1.29, 1.82) is 0 Å². The Balaban J connectivity index is 1.78. The minimum absolute atomic E-state index is 0.0474. The van der Waals surface area contributed by atoms with Gasteiger partial charge in [0.1, 0.15) is 5.82 Å². The molecule has 0 atom stereocenters. The van der Waals surface area contributed by atoms with Gasteiger partial charge in [0.2, 0.25) is 0 Å². The first-order chi connectivity index (χ1) is 17.4. The second-order valence-electron chi connectivity index (χ2n) is 10.5. The number of rotatable bonds is 6. The molecule has 198 valence electrons. The molecule has 0 saturated carbocycles. The maximum Gasteiger partial charge on any atom is 0.255 e. The number of carbonyl (C=O) groups excluding carboxylic acids is 1. The van der Waals surface area contributed by atoms with Crippen LogP contribution in [-0.4, -0.2) is 52.5 Å². The lowest BCUT2D eigenvalue weighted by molar-refractivity contribution is -0.245. The van der Waals surface area contributed by atoms with Gasteiger partial charge >= 0.3 is 0 Å². The Bertz CT molecular complexity index is 1330. The third-order valence-corrected chi connectivity index (χ3v) is 7.07. The molecule has 2 heterocycles. The van der Waals surface area contributed by atoms with Crippen molar-refractivity contribution in [3.05, 3.63) is 52.9 Å². The quantitative estimate of drug-likeness (QED) is 0.363. The molecule has 0 bridgehead atoms. The van der Waals surface area contributed by atoms with Crippen molar-refractivity contribution in [3.63, 3.8) is 0 Å². The Labute approximate surface area is 220 Å². The lowest BCUT2D eigenvalue weighted by Gasteiger charge is -2.51. The number of nitrogens with one attached hydrogen (secondary N) is 2. The van der Waals surface area contributed by atoms with Crippen molar-refractivity contribution >= 4 is 39.8 Å². The summed E-state index contributed by atoms with van der Waals surface area (Å²) >= 11 is 6.01. The Morgan fingerprint density at radius 3 is 2.32 bits per heavy atom. The van der Waals surface area contributed by atoms with Crippen LogP contribution < -0.4 is 20.1 Å². The molecule has 0 radical (unpaired) electrons. The van der Waals surface area contributed by atoms with Crippen LogP contribution in [0.5, 0.6) is 11.5 Å². The molecule has 3 aromatic rings. The molecule has 1 aliphatic heterocycles. The number of halogens is 2. The Morgan fingerprint density at radius 1 is 1.11 bits per heavy atom. The molecule has 10 heteroatoms. The van der Waals surface area contributed by atoms with Crippen molar-refractivity contribution in [2.45, 2.75) is 57.7 Å². The van der Waals surface area contributed by atoms with E-state index in [1.54, 1.807) is 12.1 Å². The number of benzene rings is 2. The van der Waals surface area contributed by atoms with Crippen molar-refractivity contribution < 1.29 is 23.9 Å². The molecule has 1 aromatic heterocycles. The van der Waals surface area contributed by atoms with Crippen LogP contribution in [0, 0.1) is 5.82 Å². The molecule has 2 aromatic carbocycles.